The van der Waals surface area contributed by atoms with Crippen LogP contribution in [0.1, 0.15) is 30.5 Å². The predicted octanol–water partition coefficient (Wildman–Crippen LogP) is 9.62. The number of aliphatic hydroxyl groups is 1. The molecule has 0 aliphatic carbocycles. The second-order valence-corrected chi connectivity index (χ2v) is 9.27. The SMILES string of the molecule is CC.OC(CN(Cc1cccc(C(F)(F)C(F)(F)F)c1)c1cccc(Oc2ccccc2)c1)(c1ccccc1)C(F)(F)F. The Balaban J connectivity index is 0.00000248. The molecule has 1 unspecified atom stereocenters. The van der Waals surface area contributed by atoms with Crippen LogP contribution in [0.15, 0.2) is 109 Å². The van der Waals surface area contributed by atoms with E-state index in [-0.39, 0.29) is 17.0 Å². The molecule has 0 fully saturated rings. The van der Waals surface area contributed by atoms with Crippen molar-refractivity contribution in [2.75, 3.05) is 11.4 Å². The average molecular weight is 612 g/mol. The van der Waals surface area contributed by atoms with Crippen molar-refractivity contribution < 1.29 is 45.0 Å². The third-order valence-electron chi connectivity index (χ3n) is 6.32. The van der Waals surface area contributed by atoms with Crippen LogP contribution in [0.25, 0.3) is 0 Å². The van der Waals surface area contributed by atoms with Crippen LogP contribution < -0.4 is 9.64 Å². The van der Waals surface area contributed by atoms with E-state index in [0.29, 0.717) is 17.9 Å². The number of nitrogens with zero attached hydrogens (tertiary/aromatic N) is 1. The fraction of sp³-hybridized carbons (Fsp3) is 0.250. The first kappa shape index (κ1) is 33.4. The van der Waals surface area contributed by atoms with Gasteiger partial charge in [0, 0.05) is 23.9 Å². The molecule has 0 radical (unpaired) electrons. The number of ether oxygens (including phenoxy) is 1. The van der Waals surface area contributed by atoms with Gasteiger partial charge in [-0.05, 0) is 41.5 Å². The fourth-order valence-electron chi connectivity index (χ4n) is 4.19. The zero-order valence-electron chi connectivity index (χ0n) is 23.1. The van der Waals surface area contributed by atoms with E-state index in [9.17, 15) is 40.2 Å². The molecular formula is C32H29F8NO2. The maximum absolute atomic E-state index is 14.4. The molecule has 0 saturated heterocycles. The number of halogens is 8. The van der Waals surface area contributed by atoms with Crippen LogP contribution in [0.5, 0.6) is 11.5 Å². The molecule has 0 saturated carbocycles. The van der Waals surface area contributed by atoms with Gasteiger partial charge in [-0.1, -0.05) is 86.6 Å². The molecule has 0 heterocycles. The summed E-state index contributed by atoms with van der Waals surface area (Å²) in [7, 11) is 0. The lowest BCUT2D eigenvalue weighted by atomic mass is 9.91. The summed E-state index contributed by atoms with van der Waals surface area (Å²) in [5, 5.41) is 11.1. The maximum atomic E-state index is 14.4. The van der Waals surface area contributed by atoms with Crippen molar-refractivity contribution in [3.8, 4) is 11.5 Å². The Morgan fingerprint density at radius 2 is 1.14 bits per heavy atom. The van der Waals surface area contributed by atoms with Gasteiger partial charge in [0.2, 0.25) is 5.60 Å². The highest BCUT2D eigenvalue weighted by Crippen LogP contribution is 2.45. The van der Waals surface area contributed by atoms with Crippen LogP contribution in [0, 0.1) is 0 Å². The third kappa shape index (κ3) is 7.84. The Kier molecular flexibility index (Phi) is 10.4. The van der Waals surface area contributed by atoms with Gasteiger partial charge in [0.05, 0.1) is 6.54 Å². The van der Waals surface area contributed by atoms with Gasteiger partial charge in [-0.25, -0.2) is 0 Å². The minimum Gasteiger partial charge on any atom is -0.457 e. The highest BCUT2D eigenvalue weighted by Gasteiger charge is 2.59. The van der Waals surface area contributed by atoms with E-state index < -0.39 is 48.1 Å². The maximum Gasteiger partial charge on any atom is 0.458 e. The minimum absolute atomic E-state index is 0.0880. The molecule has 1 atom stereocenters. The molecule has 230 valence electrons. The van der Waals surface area contributed by atoms with Crippen molar-refractivity contribution in [3.63, 3.8) is 0 Å². The largest absolute Gasteiger partial charge is 0.458 e. The summed E-state index contributed by atoms with van der Waals surface area (Å²) in [6.45, 7) is 2.33. The Morgan fingerprint density at radius 3 is 1.72 bits per heavy atom. The van der Waals surface area contributed by atoms with E-state index in [1.54, 1.807) is 30.3 Å². The van der Waals surface area contributed by atoms with Crippen molar-refractivity contribution in [1.82, 2.24) is 0 Å². The van der Waals surface area contributed by atoms with Gasteiger partial charge in [-0.15, -0.1) is 0 Å². The Morgan fingerprint density at radius 1 is 0.605 bits per heavy atom. The lowest BCUT2D eigenvalue weighted by Gasteiger charge is -2.37. The third-order valence-corrected chi connectivity index (χ3v) is 6.32. The first-order valence-electron chi connectivity index (χ1n) is 13.2. The van der Waals surface area contributed by atoms with Gasteiger partial charge in [0.15, 0.2) is 0 Å². The van der Waals surface area contributed by atoms with Crippen LogP contribution in [0.3, 0.4) is 0 Å². The molecule has 43 heavy (non-hydrogen) atoms. The topological polar surface area (TPSA) is 32.7 Å². The number of para-hydroxylation sites is 1. The monoisotopic (exact) mass is 611 g/mol. The number of benzene rings is 4. The van der Waals surface area contributed by atoms with Crippen molar-refractivity contribution in [1.29, 1.82) is 0 Å². The van der Waals surface area contributed by atoms with Crippen LogP contribution in [-0.4, -0.2) is 24.0 Å². The van der Waals surface area contributed by atoms with Crippen LogP contribution in [0.4, 0.5) is 40.8 Å². The molecule has 4 aromatic rings. The second-order valence-electron chi connectivity index (χ2n) is 9.27. The van der Waals surface area contributed by atoms with E-state index >= 15 is 0 Å². The summed E-state index contributed by atoms with van der Waals surface area (Å²) in [6.07, 6.45) is -11.1. The second kappa shape index (κ2) is 13.5. The summed E-state index contributed by atoms with van der Waals surface area (Å²) in [5.41, 5.74) is -5.33. The van der Waals surface area contributed by atoms with Gasteiger partial charge in [-0.3, -0.25) is 0 Å². The van der Waals surface area contributed by atoms with Gasteiger partial charge >= 0.3 is 18.3 Å². The standard InChI is InChI=1S/C30H23F8NO2.C2H6/c31-28(32,30(36,37)38)23-12-7-9-21(17-23)19-39(20-27(40,29(33,34)35)22-10-3-1-4-11-22)24-13-8-16-26(18-24)41-25-14-5-2-6-15-25;1-2/h1-18,40H,19-20H2;1-2H3. The number of hydrogen-bond donors (Lipinski definition) is 1. The average Bonchev–Trinajstić information content (AvgIpc) is 2.98. The van der Waals surface area contributed by atoms with Gasteiger partial charge < -0.3 is 14.7 Å². The van der Waals surface area contributed by atoms with Crippen LogP contribution >= 0.6 is 0 Å². The van der Waals surface area contributed by atoms with Crippen molar-refractivity contribution in [2.24, 2.45) is 0 Å². The molecule has 0 spiro atoms. The first-order valence-corrected chi connectivity index (χ1v) is 13.2. The molecule has 1 N–H and O–H groups in total. The number of rotatable bonds is 9. The predicted molar refractivity (Wildman–Crippen MR) is 148 cm³/mol. The van der Waals surface area contributed by atoms with E-state index in [2.05, 4.69) is 0 Å². The Bertz CT molecular complexity index is 1440. The first-order chi connectivity index (χ1) is 20.2. The van der Waals surface area contributed by atoms with Crippen molar-refractivity contribution in [3.05, 3.63) is 126 Å². The number of anilines is 1. The number of hydrogen-bond acceptors (Lipinski definition) is 3. The highest BCUT2D eigenvalue weighted by molar-refractivity contribution is 5.53. The minimum atomic E-state index is -5.88. The Hall–Kier alpha value is -4.12. The molecule has 0 aromatic heterocycles. The fourth-order valence-corrected chi connectivity index (χ4v) is 4.19. The quantitative estimate of drug-likeness (QED) is 0.191. The van der Waals surface area contributed by atoms with Crippen molar-refractivity contribution in [2.45, 2.75) is 44.3 Å². The van der Waals surface area contributed by atoms with E-state index in [4.69, 9.17) is 4.74 Å². The summed E-state index contributed by atoms with van der Waals surface area (Å²) < 4.78 is 116. The van der Waals surface area contributed by atoms with E-state index in [0.717, 1.165) is 23.1 Å². The summed E-state index contributed by atoms with van der Waals surface area (Å²) in [4.78, 5) is 1.04. The molecule has 4 rings (SSSR count). The normalized spacial score (nSPS) is 13.4. The molecule has 11 heteroatoms. The van der Waals surface area contributed by atoms with E-state index in [1.165, 1.54) is 48.5 Å². The summed E-state index contributed by atoms with van der Waals surface area (Å²) in [6, 6.07) is 23.9. The van der Waals surface area contributed by atoms with E-state index in [1.807, 2.05) is 13.8 Å². The lowest BCUT2D eigenvalue weighted by Crippen LogP contribution is -2.51. The molecule has 0 aliphatic heterocycles. The summed E-state index contributed by atoms with van der Waals surface area (Å²) >= 11 is 0. The lowest BCUT2D eigenvalue weighted by molar-refractivity contribution is -0.289. The molecule has 0 amide bonds. The van der Waals surface area contributed by atoms with Gasteiger partial charge in [-0.2, -0.15) is 35.1 Å². The van der Waals surface area contributed by atoms with Crippen molar-refractivity contribution >= 4 is 5.69 Å². The zero-order chi connectivity index (χ0) is 31.9. The molecule has 3 nitrogen and oxygen atoms in total. The number of alkyl halides is 8. The highest BCUT2D eigenvalue weighted by atomic mass is 19.4. The Labute approximate surface area is 244 Å². The van der Waals surface area contributed by atoms with Crippen LogP contribution in [-0.2, 0) is 18.1 Å². The van der Waals surface area contributed by atoms with Gasteiger partial charge in [0.1, 0.15) is 11.5 Å². The summed E-state index contributed by atoms with van der Waals surface area (Å²) in [5.74, 6) is -4.55. The molecule has 4 aromatic carbocycles. The molecule has 0 bridgehead atoms. The van der Waals surface area contributed by atoms with Gasteiger partial charge in [0.25, 0.3) is 0 Å². The molecular weight excluding hydrogens is 582 g/mol. The smallest absolute Gasteiger partial charge is 0.457 e. The zero-order valence-corrected chi connectivity index (χ0v) is 23.1. The van der Waals surface area contributed by atoms with Crippen LogP contribution in [0.2, 0.25) is 0 Å². The molecule has 0 aliphatic rings.